The number of nitrogens with zero attached hydrogens (tertiary/aromatic N) is 2. The second-order valence-corrected chi connectivity index (χ2v) is 7.42. The van der Waals surface area contributed by atoms with E-state index in [4.69, 9.17) is 0 Å². The summed E-state index contributed by atoms with van der Waals surface area (Å²) in [5, 5.41) is 8.24. The molecule has 4 heteroatoms. The summed E-state index contributed by atoms with van der Waals surface area (Å²) in [5.41, 5.74) is 1.72. The van der Waals surface area contributed by atoms with Gasteiger partial charge in [0.05, 0.1) is 22.4 Å². The molecule has 1 saturated carbocycles. The standard InChI is InChI=1S/C16H28BrN3/c1-5-18-14(12-9-7-8-10-16(12,3)4)15-13(17)11-19-20(15)6-2/h11-12,14,18H,5-10H2,1-4H3. The van der Waals surface area contributed by atoms with Crippen LogP contribution in [0.2, 0.25) is 0 Å². The van der Waals surface area contributed by atoms with Crippen LogP contribution in [-0.2, 0) is 6.54 Å². The van der Waals surface area contributed by atoms with Crippen molar-refractivity contribution in [3.63, 3.8) is 0 Å². The van der Waals surface area contributed by atoms with Crippen LogP contribution in [0.1, 0.15) is 65.1 Å². The van der Waals surface area contributed by atoms with E-state index in [-0.39, 0.29) is 0 Å². The molecule has 0 aromatic carbocycles. The van der Waals surface area contributed by atoms with Crippen molar-refractivity contribution >= 4 is 15.9 Å². The van der Waals surface area contributed by atoms with Gasteiger partial charge >= 0.3 is 0 Å². The second-order valence-electron chi connectivity index (χ2n) is 6.57. The highest BCUT2D eigenvalue weighted by Crippen LogP contribution is 2.47. The Morgan fingerprint density at radius 2 is 2.20 bits per heavy atom. The molecule has 0 aliphatic heterocycles. The van der Waals surface area contributed by atoms with Crippen LogP contribution >= 0.6 is 15.9 Å². The zero-order valence-corrected chi connectivity index (χ0v) is 14.8. The van der Waals surface area contributed by atoms with E-state index in [1.165, 1.54) is 31.4 Å². The number of halogens is 1. The highest BCUT2D eigenvalue weighted by molar-refractivity contribution is 9.10. The lowest BCUT2D eigenvalue weighted by Gasteiger charge is -2.43. The molecule has 3 nitrogen and oxygen atoms in total. The fourth-order valence-electron chi connectivity index (χ4n) is 3.72. The molecule has 1 N–H and O–H groups in total. The molecule has 1 aliphatic carbocycles. The van der Waals surface area contributed by atoms with Gasteiger partial charge in [-0.1, -0.05) is 33.6 Å². The summed E-state index contributed by atoms with van der Waals surface area (Å²) in [4.78, 5) is 0. The zero-order valence-electron chi connectivity index (χ0n) is 13.2. The molecule has 1 fully saturated rings. The Hall–Kier alpha value is -0.350. The maximum atomic E-state index is 4.51. The number of nitrogens with one attached hydrogen (secondary N) is 1. The lowest BCUT2D eigenvalue weighted by Crippen LogP contribution is -2.40. The predicted molar refractivity (Wildman–Crippen MR) is 87.8 cm³/mol. The minimum Gasteiger partial charge on any atom is -0.309 e. The first-order valence-corrected chi connectivity index (χ1v) is 8.75. The van der Waals surface area contributed by atoms with E-state index in [9.17, 15) is 0 Å². The van der Waals surface area contributed by atoms with E-state index < -0.39 is 0 Å². The molecule has 114 valence electrons. The lowest BCUT2D eigenvalue weighted by atomic mass is 9.65. The van der Waals surface area contributed by atoms with Crippen LogP contribution in [0, 0.1) is 11.3 Å². The summed E-state index contributed by atoms with van der Waals surface area (Å²) in [7, 11) is 0. The maximum absolute atomic E-state index is 4.51. The van der Waals surface area contributed by atoms with Crippen LogP contribution in [-0.4, -0.2) is 16.3 Å². The highest BCUT2D eigenvalue weighted by Gasteiger charge is 2.39. The Labute approximate surface area is 131 Å². The smallest absolute Gasteiger partial charge is 0.0698 e. The van der Waals surface area contributed by atoms with Crippen molar-refractivity contribution in [1.29, 1.82) is 0 Å². The van der Waals surface area contributed by atoms with Gasteiger partial charge < -0.3 is 5.32 Å². The van der Waals surface area contributed by atoms with Crippen molar-refractivity contribution in [2.24, 2.45) is 11.3 Å². The van der Waals surface area contributed by atoms with Crippen LogP contribution in [0.5, 0.6) is 0 Å². The fraction of sp³-hybridized carbons (Fsp3) is 0.812. The predicted octanol–water partition coefficient (Wildman–Crippen LogP) is 4.53. The molecule has 1 aromatic heterocycles. The largest absolute Gasteiger partial charge is 0.309 e. The van der Waals surface area contributed by atoms with Crippen LogP contribution in [0.3, 0.4) is 0 Å². The average Bonchev–Trinajstić information content (AvgIpc) is 2.77. The van der Waals surface area contributed by atoms with Gasteiger partial charge in [0.2, 0.25) is 0 Å². The minimum atomic E-state index is 0.395. The Balaban J connectivity index is 2.37. The van der Waals surface area contributed by atoms with Crippen molar-refractivity contribution < 1.29 is 0 Å². The molecule has 0 radical (unpaired) electrons. The summed E-state index contributed by atoms with van der Waals surface area (Å²) >= 11 is 3.71. The summed E-state index contributed by atoms with van der Waals surface area (Å²) in [6.45, 7) is 11.2. The van der Waals surface area contributed by atoms with E-state index in [0.29, 0.717) is 17.4 Å². The highest BCUT2D eigenvalue weighted by atomic mass is 79.9. The van der Waals surface area contributed by atoms with Gasteiger partial charge in [0.25, 0.3) is 0 Å². The number of aryl methyl sites for hydroxylation is 1. The van der Waals surface area contributed by atoms with Crippen LogP contribution in [0.4, 0.5) is 0 Å². The molecular weight excluding hydrogens is 314 g/mol. The van der Waals surface area contributed by atoms with Crippen molar-refractivity contribution in [2.75, 3.05) is 6.54 Å². The molecule has 1 heterocycles. The first-order valence-electron chi connectivity index (χ1n) is 7.95. The quantitative estimate of drug-likeness (QED) is 0.852. The fourth-order valence-corrected chi connectivity index (χ4v) is 4.26. The molecule has 0 bridgehead atoms. The van der Waals surface area contributed by atoms with Gasteiger partial charge in [0.15, 0.2) is 0 Å². The van der Waals surface area contributed by atoms with Crippen LogP contribution in [0.15, 0.2) is 10.7 Å². The number of rotatable bonds is 5. The Kier molecular flexibility index (Phi) is 5.30. The lowest BCUT2D eigenvalue weighted by molar-refractivity contribution is 0.0951. The van der Waals surface area contributed by atoms with E-state index in [0.717, 1.165) is 17.6 Å². The number of hydrogen-bond acceptors (Lipinski definition) is 2. The number of hydrogen-bond donors (Lipinski definition) is 1. The van der Waals surface area contributed by atoms with Gasteiger partial charge in [-0.15, -0.1) is 0 Å². The van der Waals surface area contributed by atoms with E-state index in [1.54, 1.807) is 0 Å². The third-order valence-corrected chi connectivity index (χ3v) is 5.45. The monoisotopic (exact) mass is 341 g/mol. The molecule has 0 saturated heterocycles. The minimum absolute atomic E-state index is 0.395. The third-order valence-electron chi connectivity index (χ3n) is 4.84. The molecule has 20 heavy (non-hydrogen) atoms. The molecule has 2 unspecified atom stereocenters. The average molecular weight is 342 g/mol. The van der Waals surface area contributed by atoms with E-state index in [1.807, 2.05) is 6.20 Å². The van der Waals surface area contributed by atoms with Gasteiger partial charge in [0.1, 0.15) is 0 Å². The molecular formula is C16H28BrN3. The topological polar surface area (TPSA) is 29.9 Å². The van der Waals surface area contributed by atoms with Gasteiger partial charge in [-0.2, -0.15) is 5.10 Å². The molecule has 1 aromatic rings. The second kappa shape index (κ2) is 6.61. The van der Waals surface area contributed by atoms with Gasteiger partial charge in [-0.25, -0.2) is 0 Å². The molecule has 2 atom stereocenters. The normalized spacial score (nSPS) is 23.8. The van der Waals surface area contributed by atoms with Gasteiger partial charge in [-0.05, 0) is 53.6 Å². The zero-order chi connectivity index (χ0) is 14.8. The Morgan fingerprint density at radius 3 is 2.80 bits per heavy atom. The van der Waals surface area contributed by atoms with Crippen molar-refractivity contribution in [2.45, 2.75) is 66.0 Å². The maximum Gasteiger partial charge on any atom is 0.0698 e. The first kappa shape index (κ1) is 16.0. The van der Waals surface area contributed by atoms with Crippen molar-refractivity contribution in [1.82, 2.24) is 15.1 Å². The van der Waals surface area contributed by atoms with Crippen molar-refractivity contribution in [3.8, 4) is 0 Å². The summed E-state index contributed by atoms with van der Waals surface area (Å²) in [5.74, 6) is 0.675. The van der Waals surface area contributed by atoms with Crippen LogP contribution in [0.25, 0.3) is 0 Å². The Morgan fingerprint density at radius 1 is 1.45 bits per heavy atom. The SMILES string of the molecule is CCNC(c1c(Br)cnn1CC)C1CCCCC1(C)C. The van der Waals surface area contributed by atoms with Gasteiger partial charge in [-0.3, -0.25) is 4.68 Å². The third kappa shape index (κ3) is 3.11. The molecule has 0 amide bonds. The van der Waals surface area contributed by atoms with E-state index in [2.05, 4.69) is 58.7 Å². The molecule has 2 rings (SSSR count). The molecule has 1 aliphatic rings. The summed E-state index contributed by atoms with van der Waals surface area (Å²) in [6.07, 6.45) is 7.31. The molecule has 0 spiro atoms. The first-order chi connectivity index (χ1) is 9.51. The summed E-state index contributed by atoms with van der Waals surface area (Å²) < 4.78 is 3.29. The van der Waals surface area contributed by atoms with Crippen molar-refractivity contribution in [3.05, 3.63) is 16.4 Å². The summed E-state index contributed by atoms with van der Waals surface area (Å²) in [6, 6.07) is 0.395. The van der Waals surface area contributed by atoms with Crippen LogP contribution < -0.4 is 5.32 Å². The Bertz CT molecular complexity index is 439. The number of aromatic nitrogens is 2. The van der Waals surface area contributed by atoms with Gasteiger partial charge in [0, 0.05) is 6.54 Å². The van der Waals surface area contributed by atoms with E-state index >= 15 is 0 Å².